The molecule has 38 heavy (non-hydrogen) atoms. The summed E-state index contributed by atoms with van der Waals surface area (Å²) in [4.78, 5) is 33.7. The minimum absolute atomic E-state index is 0. The fraction of sp³-hybridized carbons (Fsp3) is 0.125. The van der Waals surface area contributed by atoms with Crippen LogP contribution in [0.15, 0.2) is 72.0 Å². The number of benzene rings is 2. The molecular weight excluding hydrogens is 555 g/mol. The summed E-state index contributed by atoms with van der Waals surface area (Å²) in [7, 11) is -3.57. The predicted octanol–water partition coefficient (Wildman–Crippen LogP) is 3.71. The van der Waals surface area contributed by atoms with Crippen molar-refractivity contribution in [2.75, 3.05) is 11.6 Å². The molecule has 4 rings (SSSR count). The predicted molar refractivity (Wildman–Crippen MR) is 144 cm³/mol. The highest BCUT2D eigenvalue weighted by Gasteiger charge is 2.20. The molecule has 4 aromatic rings. The largest absolute Gasteiger partial charge is 0.342 e. The van der Waals surface area contributed by atoms with Crippen molar-refractivity contribution in [2.45, 2.75) is 17.9 Å². The molecule has 0 bridgehead atoms. The van der Waals surface area contributed by atoms with Crippen LogP contribution in [-0.2, 0) is 9.84 Å². The summed E-state index contributed by atoms with van der Waals surface area (Å²) < 4.78 is 38.2. The molecule has 2 N–H and O–H groups in total. The second-order valence-corrected chi connectivity index (χ2v) is 10.5. The van der Waals surface area contributed by atoms with Gasteiger partial charge in [-0.05, 0) is 61.5 Å². The molecule has 198 valence electrons. The van der Waals surface area contributed by atoms with Crippen molar-refractivity contribution in [1.29, 1.82) is 0 Å². The van der Waals surface area contributed by atoms with E-state index >= 15 is 0 Å². The molecule has 0 aliphatic heterocycles. The molecule has 0 spiro atoms. The Balaban J connectivity index is 0.00000400. The molecule has 0 aliphatic rings. The average Bonchev–Trinajstić information content (AvgIpc) is 3.35. The van der Waals surface area contributed by atoms with Crippen LogP contribution >= 0.6 is 25.1 Å². The average molecular weight is 577 g/mol. The highest BCUT2D eigenvalue weighted by atomic mass is 35.5. The minimum Gasteiger partial charge on any atom is -0.342 e. The number of carbonyl (C=O) groups excluding carboxylic acids is 2. The zero-order valence-electron chi connectivity index (χ0n) is 20.0. The lowest BCUT2D eigenvalue weighted by Gasteiger charge is -2.15. The van der Waals surface area contributed by atoms with Crippen molar-refractivity contribution in [3.05, 3.63) is 94.9 Å². The molecule has 0 saturated heterocycles. The molecule has 2 amide bonds. The van der Waals surface area contributed by atoms with Gasteiger partial charge in [-0.3, -0.25) is 9.59 Å². The van der Waals surface area contributed by atoms with E-state index in [9.17, 15) is 22.4 Å². The monoisotopic (exact) mass is 576 g/mol. The lowest BCUT2D eigenvalue weighted by atomic mass is 10.2. The number of aromatic nitrogens is 4. The lowest BCUT2D eigenvalue weighted by Crippen LogP contribution is -2.29. The summed E-state index contributed by atoms with van der Waals surface area (Å²) >= 11 is 6.01. The van der Waals surface area contributed by atoms with Crippen molar-refractivity contribution >= 4 is 52.4 Å². The first-order valence-corrected chi connectivity index (χ1v) is 13.0. The maximum atomic E-state index is 13.1. The topological polar surface area (TPSA) is 136 Å². The van der Waals surface area contributed by atoms with Crippen molar-refractivity contribution < 1.29 is 22.4 Å². The zero-order chi connectivity index (χ0) is 26.7. The fourth-order valence-corrected chi connectivity index (χ4v) is 4.34. The maximum Gasteiger partial charge on any atom is 0.257 e. The van der Waals surface area contributed by atoms with Gasteiger partial charge in [-0.15, -0.1) is 0 Å². The minimum atomic E-state index is -3.57. The van der Waals surface area contributed by atoms with E-state index in [2.05, 4.69) is 25.7 Å². The summed E-state index contributed by atoms with van der Waals surface area (Å²) in [6.07, 6.45) is 3.66. The van der Waals surface area contributed by atoms with E-state index in [-0.39, 0.29) is 34.5 Å². The normalized spacial score (nSPS) is 11.8. The Kier molecular flexibility index (Phi) is 8.86. The number of nitrogens with zero attached hydrogens (tertiary/aromatic N) is 4. The first-order valence-electron chi connectivity index (χ1n) is 10.8. The van der Waals surface area contributed by atoms with Crippen LogP contribution in [0.1, 0.15) is 39.5 Å². The summed E-state index contributed by atoms with van der Waals surface area (Å²) in [5.74, 6) is -0.719. The smallest absolute Gasteiger partial charge is 0.257 e. The number of hydrogen-bond donors (Lipinski definition) is 2. The third-order valence-corrected chi connectivity index (χ3v) is 6.51. The van der Waals surface area contributed by atoms with Crippen LogP contribution in [0.25, 0.3) is 5.82 Å². The summed E-state index contributed by atoms with van der Waals surface area (Å²) in [5.41, 5.74) is 0.765. The third-order valence-electron chi connectivity index (χ3n) is 5.20. The van der Waals surface area contributed by atoms with Gasteiger partial charge in [0.2, 0.25) is 0 Å². The summed E-state index contributed by atoms with van der Waals surface area (Å²) in [6, 6.07) is 11.7. The number of rotatable bonds is 7. The molecule has 0 fully saturated rings. The Bertz CT molecular complexity index is 1580. The number of halogens is 2. The molecule has 10 nitrogen and oxygen atoms in total. The molecule has 0 aliphatic carbocycles. The molecule has 1 atom stereocenters. The second-order valence-electron chi connectivity index (χ2n) is 8.04. The number of carbonyl (C=O) groups is 2. The van der Waals surface area contributed by atoms with Gasteiger partial charge in [0.15, 0.2) is 21.5 Å². The Morgan fingerprint density at radius 3 is 2.34 bits per heavy atom. The van der Waals surface area contributed by atoms with Crippen LogP contribution in [0.3, 0.4) is 0 Å². The third kappa shape index (κ3) is 6.73. The van der Waals surface area contributed by atoms with Gasteiger partial charge < -0.3 is 10.6 Å². The number of sulfone groups is 1. The number of anilines is 1. The standard InChI is InChI=1S/C24H20ClFN6O4S.H2S/c1-14(30-24(34)16-9-17(25)11-20(10-16)37(2,35)36)22-28-13-29-32(22)21-8-3-15(12-27-21)23(33)31-19-6-4-18(26)5-7-19;/h3-14H,1-2H3,(H,30,34)(H,31,33);1H2/t14-;/m1./s1. The molecule has 2 aromatic carbocycles. The van der Waals surface area contributed by atoms with Crippen molar-refractivity contribution in [2.24, 2.45) is 0 Å². The molecular formula is C24H22ClFN6O4S2. The highest BCUT2D eigenvalue weighted by Crippen LogP contribution is 2.21. The van der Waals surface area contributed by atoms with Crippen LogP contribution in [0.2, 0.25) is 5.02 Å². The molecule has 2 aromatic heterocycles. The van der Waals surface area contributed by atoms with Gasteiger partial charge in [-0.1, -0.05) is 11.6 Å². The number of amides is 2. The SMILES string of the molecule is C[C@@H](NC(=O)c1cc(Cl)cc(S(C)(=O)=O)c1)c1ncnn1-c1ccc(C(=O)Nc2ccc(F)cc2)cn1.S. The van der Waals surface area contributed by atoms with Crippen LogP contribution in [0, 0.1) is 5.82 Å². The van der Waals surface area contributed by atoms with Crippen LogP contribution in [0.5, 0.6) is 0 Å². The van der Waals surface area contributed by atoms with Crippen molar-refractivity contribution in [1.82, 2.24) is 25.1 Å². The van der Waals surface area contributed by atoms with E-state index in [1.165, 1.54) is 65.7 Å². The second kappa shape index (κ2) is 11.7. The Morgan fingerprint density at radius 2 is 1.71 bits per heavy atom. The first-order chi connectivity index (χ1) is 17.5. The molecule has 14 heteroatoms. The van der Waals surface area contributed by atoms with Gasteiger partial charge in [0.25, 0.3) is 11.8 Å². The van der Waals surface area contributed by atoms with Crippen LogP contribution in [0.4, 0.5) is 10.1 Å². The molecule has 0 saturated carbocycles. The maximum absolute atomic E-state index is 13.1. The van der Waals surface area contributed by atoms with E-state index in [4.69, 9.17) is 11.6 Å². The van der Waals surface area contributed by atoms with Gasteiger partial charge in [-0.2, -0.15) is 23.3 Å². The van der Waals surface area contributed by atoms with Crippen molar-refractivity contribution in [3.63, 3.8) is 0 Å². The van der Waals surface area contributed by atoms with Crippen molar-refractivity contribution in [3.8, 4) is 5.82 Å². The van der Waals surface area contributed by atoms with Gasteiger partial charge >= 0.3 is 0 Å². The Labute approximate surface area is 229 Å². The van der Waals surface area contributed by atoms with Gasteiger partial charge in [-0.25, -0.2) is 22.8 Å². The van der Waals surface area contributed by atoms with Gasteiger partial charge in [0.1, 0.15) is 12.1 Å². The fourth-order valence-electron chi connectivity index (χ4n) is 3.36. The van der Waals surface area contributed by atoms with Crippen LogP contribution < -0.4 is 10.6 Å². The lowest BCUT2D eigenvalue weighted by molar-refractivity contribution is 0.0936. The van der Waals surface area contributed by atoms with E-state index in [0.29, 0.717) is 17.3 Å². The van der Waals surface area contributed by atoms with Crippen LogP contribution in [-0.4, -0.2) is 46.2 Å². The number of pyridine rings is 1. The van der Waals surface area contributed by atoms with E-state index in [0.717, 1.165) is 6.26 Å². The van der Waals surface area contributed by atoms with Gasteiger partial charge in [0, 0.05) is 28.7 Å². The Hall–Kier alpha value is -3.81. The summed E-state index contributed by atoms with van der Waals surface area (Å²) in [6.45, 7) is 1.67. The summed E-state index contributed by atoms with van der Waals surface area (Å²) in [5, 5.41) is 9.65. The van der Waals surface area contributed by atoms with E-state index in [1.54, 1.807) is 13.0 Å². The molecule has 2 heterocycles. The number of nitrogens with one attached hydrogen (secondary N) is 2. The number of hydrogen-bond acceptors (Lipinski definition) is 7. The first kappa shape index (κ1) is 28.8. The quantitative estimate of drug-likeness (QED) is 0.342. The Morgan fingerprint density at radius 1 is 1.00 bits per heavy atom. The van der Waals surface area contributed by atoms with Gasteiger partial charge in [0.05, 0.1) is 16.5 Å². The zero-order valence-corrected chi connectivity index (χ0v) is 22.6. The molecule has 0 radical (unpaired) electrons. The van der Waals surface area contributed by atoms with E-state index in [1.807, 2.05) is 0 Å². The highest BCUT2D eigenvalue weighted by molar-refractivity contribution is 7.90. The van der Waals surface area contributed by atoms with E-state index < -0.39 is 33.5 Å². The molecule has 0 unspecified atom stereocenters.